The van der Waals surface area contributed by atoms with Crippen LogP contribution in [0.1, 0.15) is 5.69 Å². The Hall–Kier alpha value is -0.230. The summed E-state index contributed by atoms with van der Waals surface area (Å²) in [5, 5.41) is 3.64. The summed E-state index contributed by atoms with van der Waals surface area (Å²) in [6.07, 6.45) is 0. The summed E-state index contributed by atoms with van der Waals surface area (Å²) in [7, 11) is 0. The lowest BCUT2D eigenvalue weighted by Gasteiger charge is -1.88. The molecule has 9 heavy (non-hydrogen) atoms. The molecule has 0 saturated carbocycles. The van der Waals surface area contributed by atoms with Crippen LogP contribution in [0.15, 0.2) is 0 Å². The number of halogens is 1. The summed E-state index contributed by atoms with van der Waals surface area (Å²) in [6.45, 7) is 0.218. The number of rotatable bonds is 2. The van der Waals surface area contributed by atoms with Crippen molar-refractivity contribution >= 4 is 23.1 Å². The molecule has 50 valence electrons. The van der Waals surface area contributed by atoms with Crippen molar-refractivity contribution in [3.63, 3.8) is 0 Å². The highest BCUT2D eigenvalue weighted by Gasteiger charge is 2.02. The maximum absolute atomic E-state index is 5.58. The van der Waals surface area contributed by atoms with E-state index in [9.17, 15) is 0 Å². The second kappa shape index (κ2) is 3.07. The van der Waals surface area contributed by atoms with E-state index in [0.29, 0.717) is 10.0 Å². The van der Waals surface area contributed by atoms with Gasteiger partial charge in [-0.2, -0.15) is 0 Å². The monoisotopic (exact) mass is 165 g/mol. The van der Waals surface area contributed by atoms with Crippen molar-refractivity contribution in [2.75, 3.05) is 0 Å². The smallest absolute Gasteiger partial charge is 0.140 e. The molecule has 0 spiro atoms. The number of aromatic nitrogens is 2. The molecule has 6 heteroatoms. The molecule has 0 unspecified atom stereocenters. The van der Waals surface area contributed by atoms with Crippen molar-refractivity contribution in [3.8, 4) is 0 Å². The fraction of sp³-hybridized carbons (Fsp3) is 0.333. The van der Waals surface area contributed by atoms with E-state index in [0.717, 1.165) is 11.5 Å². The molecule has 0 aliphatic rings. The normalized spacial score (nSPS) is 10.0. The molecule has 0 aliphatic carbocycles. The van der Waals surface area contributed by atoms with Gasteiger partial charge in [0, 0.05) is 11.5 Å². The molecule has 1 heterocycles. The molecule has 0 saturated heterocycles. The van der Waals surface area contributed by atoms with E-state index in [4.69, 9.17) is 17.5 Å². The Morgan fingerprint density at radius 1 is 1.78 bits per heavy atom. The van der Waals surface area contributed by atoms with E-state index in [1.165, 1.54) is 0 Å². The highest BCUT2D eigenvalue weighted by atomic mass is 35.5. The van der Waals surface area contributed by atoms with Crippen LogP contribution in [-0.2, 0) is 11.4 Å². The zero-order valence-electron chi connectivity index (χ0n) is 4.37. The van der Waals surface area contributed by atoms with Gasteiger partial charge in [0.15, 0.2) is 0 Å². The van der Waals surface area contributed by atoms with Gasteiger partial charge in [-0.3, -0.25) is 4.84 Å². The quantitative estimate of drug-likeness (QED) is 0.652. The Morgan fingerprint density at radius 3 is 3.00 bits per heavy atom. The molecular formula is C3H4ClN3OS. The summed E-state index contributed by atoms with van der Waals surface area (Å²) in [4.78, 5) is 4.29. The van der Waals surface area contributed by atoms with Gasteiger partial charge < -0.3 is 0 Å². The first-order valence-corrected chi connectivity index (χ1v) is 3.28. The zero-order chi connectivity index (χ0) is 6.69. The van der Waals surface area contributed by atoms with E-state index in [-0.39, 0.29) is 6.61 Å². The van der Waals surface area contributed by atoms with Crippen molar-refractivity contribution in [1.82, 2.24) is 9.59 Å². The third-order valence-electron chi connectivity index (χ3n) is 0.729. The number of nitrogens with zero attached hydrogens (tertiary/aromatic N) is 2. The molecule has 0 amide bonds. The van der Waals surface area contributed by atoms with Gasteiger partial charge in [-0.25, -0.2) is 5.90 Å². The second-order valence-electron chi connectivity index (χ2n) is 1.30. The van der Waals surface area contributed by atoms with E-state index in [2.05, 4.69) is 14.4 Å². The molecule has 0 aliphatic heterocycles. The second-order valence-corrected chi connectivity index (χ2v) is 2.66. The van der Waals surface area contributed by atoms with E-state index >= 15 is 0 Å². The van der Waals surface area contributed by atoms with Crippen molar-refractivity contribution in [3.05, 3.63) is 10.0 Å². The maximum atomic E-state index is 5.58. The number of hydrogen-bond donors (Lipinski definition) is 1. The molecule has 1 aromatic heterocycles. The van der Waals surface area contributed by atoms with E-state index in [1.54, 1.807) is 0 Å². The van der Waals surface area contributed by atoms with Crippen LogP contribution in [0.5, 0.6) is 0 Å². The van der Waals surface area contributed by atoms with Crippen LogP contribution in [0.4, 0.5) is 0 Å². The lowest BCUT2D eigenvalue weighted by Crippen LogP contribution is -1.99. The standard InChI is InChI=1S/C3H4ClN3OS/c4-3-2(1-8-5)6-7-9-3/h1,5H2. The van der Waals surface area contributed by atoms with E-state index < -0.39 is 0 Å². The van der Waals surface area contributed by atoms with Crippen LogP contribution < -0.4 is 5.90 Å². The first-order chi connectivity index (χ1) is 4.34. The molecule has 4 nitrogen and oxygen atoms in total. The fourth-order valence-corrected chi connectivity index (χ4v) is 0.963. The Labute approximate surface area is 60.7 Å². The predicted molar refractivity (Wildman–Crippen MR) is 33.9 cm³/mol. The Kier molecular flexibility index (Phi) is 2.35. The van der Waals surface area contributed by atoms with Crippen molar-refractivity contribution in [2.45, 2.75) is 6.61 Å². The largest absolute Gasteiger partial charge is 0.298 e. The molecule has 0 atom stereocenters. The van der Waals surface area contributed by atoms with E-state index in [1.807, 2.05) is 0 Å². The maximum Gasteiger partial charge on any atom is 0.140 e. The van der Waals surface area contributed by atoms with Gasteiger partial charge in [-0.05, 0) is 0 Å². The molecule has 0 radical (unpaired) electrons. The lowest BCUT2D eigenvalue weighted by atomic mass is 10.5. The van der Waals surface area contributed by atoms with Crippen molar-refractivity contribution in [2.24, 2.45) is 5.90 Å². The summed E-state index contributed by atoms with van der Waals surface area (Å²) >= 11 is 6.69. The lowest BCUT2D eigenvalue weighted by molar-refractivity contribution is 0.121. The summed E-state index contributed by atoms with van der Waals surface area (Å²) in [6, 6.07) is 0. The van der Waals surface area contributed by atoms with Gasteiger partial charge in [-0.1, -0.05) is 16.1 Å². The average molecular weight is 166 g/mol. The average Bonchev–Trinajstić information content (AvgIpc) is 2.18. The van der Waals surface area contributed by atoms with Crippen LogP contribution >= 0.6 is 23.1 Å². The van der Waals surface area contributed by atoms with Crippen LogP contribution in [0.2, 0.25) is 4.34 Å². The molecule has 0 aromatic carbocycles. The van der Waals surface area contributed by atoms with Crippen LogP contribution in [-0.4, -0.2) is 9.59 Å². The first kappa shape index (κ1) is 6.88. The number of hydrogen-bond acceptors (Lipinski definition) is 5. The molecule has 0 fully saturated rings. The van der Waals surface area contributed by atoms with Crippen LogP contribution in [0, 0.1) is 0 Å². The third kappa shape index (κ3) is 1.59. The van der Waals surface area contributed by atoms with Gasteiger partial charge >= 0.3 is 0 Å². The summed E-state index contributed by atoms with van der Waals surface area (Å²) in [5.74, 6) is 4.77. The third-order valence-corrected chi connectivity index (χ3v) is 1.71. The Morgan fingerprint density at radius 2 is 2.56 bits per heavy atom. The summed E-state index contributed by atoms with van der Waals surface area (Å²) < 4.78 is 4.09. The highest BCUT2D eigenvalue weighted by Crippen LogP contribution is 2.16. The molecule has 0 bridgehead atoms. The molecule has 1 rings (SSSR count). The van der Waals surface area contributed by atoms with Gasteiger partial charge in [0.05, 0.1) is 0 Å². The minimum Gasteiger partial charge on any atom is -0.298 e. The predicted octanol–water partition coefficient (Wildman–Crippen LogP) is 0.582. The SMILES string of the molecule is NOCc1nnsc1Cl. The van der Waals surface area contributed by atoms with Gasteiger partial charge in [-0.15, -0.1) is 5.10 Å². The van der Waals surface area contributed by atoms with Crippen LogP contribution in [0.3, 0.4) is 0 Å². The Bertz CT molecular complexity index is 191. The topological polar surface area (TPSA) is 61.0 Å². The van der Waals surface area contributed by atoms with Gasteiger partial charge in [0.25, 0.3) is 0 Å². The fourth-order valence-electron chi connectivity index (χ4n) is 0.362. The minimum atomic E-state index is 0.218. The first-order valence-electron chi connectivity index (χ1n) is 2.13. The zero-order valence-corrected chi connectivity index (χ0v) is 5.95. The van der Waals surface area contributed by atoms with Gasteiger partial charge in [0.2, 0.25) is 0 Å². The molecular weight excluding hydrogens is 162 g/mol. The molecule has 2 N–H and O–H groups in total. The highest BCUT2D eigenvalue weighted by molar-refractivity contribution is 7.10. The van der Waals surface area contributed by atoms with Gasteiger partial charge in [0.1, 0.15) is 16.6 Å². The summed E-state index contributed by atoms with van der Waals surface area (Å²) in [5.41, 5.74) is 0.587. The minimum absolute atomic E-state index is 0.218. The van der Waals surface area contributed by atoms with Crippen molar-refractivity contribution < 1.29 is 4.84 Å². The van der Waals surface area contributed by atoms with Crippen LogP contribution in [0.25, 0.3) is 0 Å². The number of nitrogens with two attached hydrogens (primary N) is 1. The Balaban J connectivity index is 2.69. The molecule has 1 aromatic rings. The van der Waals surface area contributed by atoms with Crippen molar-refractivity contribution in [1.29, 1.82) is 0 Å².